The minimum atomic E-state index is 0. The van der Waals surface area contributed by atoms with Gasteiger partial charge in [0.05, 0.1) is 25.4 Å². The van der Waals surface area contributed by atoms with Gasteiger partial charge in [0.1, 0.15) is 12.4 Å². The molecule has 6 nitrogen and oxygen atoms in total. The van der Waals surface area contributed by atoms with Crippen LogP contribution >= 0.6 is 24.0 Å². The van der Waals surface area contributed by atoms with Crippen LogP contribution in [0.15, 0.2) is 29.5 Å². The maximum absolute atomic E-state index is 5.58. The lowest BCUT2D eigenvalue weighted by molar-refractivity contribution is 0.117. The van der Waals surface area contributed by atoms with E-state index in [1.165, 1.54) is 0 Å². The van der Waals surface area contributed by atoms with E-state index in [2.05, 4.69) is 27.5 Å². The third-order valence-electron chi connectivity index (χ3n) is 3.12. The van der Waals surface area contributed by atoms with E-state index < -0.39 is 0 Å². The topological polar surface area (TPSA) is 67.8 Å². The van der Waals surface area contributed by atoms with E-state index in [1.54, 1.807) is 12.4 Å². The average Bonchev–Trinajstić information content (AvgIpc) is 3.03. The third-order valence-corrected chi connectivity index (χ3v) is 3.12. The monoisotopic (exact) mass is 420 g/mol. The summed E-state index contributed by atoms with van der Waals surface area (Å²) in [5, 5.41) is 6.47. The van der Waals surface area contributed by atoms with E-state index in [1.807, 2.05) is 12.1 Å². The van der Waals surface area contributed by atoms with Crippen molar-refractivity contribution in [2.24, 2.45) is 4.99 Å². The molecule has 1 fully saturated rings. The predicted octanol–water partition coefficient (Wildman–Crippen LogP) is 1.81. The molecule has 0 bridgehead atoms. The Labute approximate surface area is 149 Å². The normalized spacial score (nSPS) is 17.7. The van der Waals surface area contributed by atoms with Gasteiger partial charge in [0.2, 0.25) is 0 Å². The van der Waals surface area contributed by atoms with Gasteiger partial charge in [-0.2, -0.15) is 0 Å². The molecule has 7 heteroatoms. The van der Waals surface area contributed by atoms with Crippen molar-refractivity contribution in [2.75, 3.05) is 32.8 Å². The Kier molecular flexibility index (Phi) is 9.89. The van der Waals surface area contributed by atoms with Gasteiger partial charge in [-0.15, -0.1) is 24.0 Å². The molecule has 2 N–H and O–H groups in total. The van der Waals surface area contributed by atoms with Crippen molar-refractivity contribution >= 4 is 29.9 Å². The molecular weight excluding hydrogens is 395 g/mol. The van der Waals surface area contributed by atoms with Crippen LogP contribution in [0.2, 0.25) is 0 Å². The molecule has 1 aromatic rings. The van der Waals surface area contributed by atoms with E-state index >= 15 is 0 Å². The van der Waals surface area contributed by atoms with E-state index in [0.29, 0.717) is 19.7 Å². The van der Waals surface area contributed by atoms with Crippen LogP contribution in [-0.4, -0.2) is 49.9 Å². The molecule has 0 aromatic carbocycles. The number of guanidine groups is 1. The largest absolute Gasteiger partial charge is 0.490 e. The first-order valence-corrected chi connectivity index (χ1v) is 7.55. The molecule has 1 aliphatic rings. The minimum absolute atomic E-state index is 0. The van der Waals surface area contributed by atoms with Gasteiger partial charge in [-0.25, -0.2) is 0 Å². The fourth-order valence-corrected chi connectivity index (χ4v) is 2.09. The summed E-state index contributed by atoms with van der Waals surface area (Å²) in [5.41, 5.74) is 0. The summed E-state index contributed by atoms with van der Waals surface area (Å²) < 4.78 is 11.2. The number of halogens is 1. The molecule has 0 spiro atoms. The zero-order valence-electron chi connectivity index (χ0n) is 13.0. The van der Waals surface area contributed by atoms with Crippen LogP contribution in [0, 0.1) is 0 Å². The zero-order chi connectivity index (χ0) is 14.8. The van der Waals surface area contributed by atoms with Crippen LogP contribution in [0.1, 0.15) is 19.8 Å². The summed E-state index contributed by atoms with van der Waals surface area (Å²) in [6.45, 7) is 5.71. The molecule has 2 rings (SSSR count). The van der Waals surface area contributed by atoms with Crippen LogP contribution in [0.3, 0.4) is 0 Å². The molecule has 124 valence electrons. The molecule has 0 radical (unpaired) electrons. The number of aliphatic imine (C=N–C) groups is 1. The standard InChI is InChI=1S/C15H24N4O2.HI/c1-2-17-15(19-12-14-6-4-9-20-14)18-8-10-21-13-5-3-7-16-11-13;/h3,5,7,11,14H,2,4,6,8-10,12H2,1H3,(H2,17,18,19);1H. The highest BCUT2D eigenvalue weighted by Gasteiger charge is 2.14. The summed E-state index contributed by atoms with van der Waals surface area (Å²) in [6.07, 6.45) is 5.95. The molecule has 1 aliphatic heterocycles. The molecule has 1 unspecified atom stereocenters. The zero-order valence-corrected chi connectivity index (χ0v) is 15.3. The molecule has 22 heavy (non-hydrogen) atoms. The Morgan fingerprint density at radius 2 is 2.41 bits per heavy atom. The van der Waals surface area contributed by atoms with Crippen LogP contribution in [0.5, 0.6) is 5.75 Å². The molecular formula is C15H25IN4O2. The highest BCUT2D eigenvalue weighted by molar-refractivity contribution is 14.0. The van der Waals surface area contributed by atoms with Crippen molar-refractivity contribution in [3.8, 4) is 5.75 Å². The highest BCUT2D eigenvalue weighted by Crippen LogP contribution is 2.11. The van der Waals surface area contributed by atoms with Gasteiger partial charge >= 0.3 is 0 Å². The fraction of sp³-hybridized carbons (Fsp3) is 0.600. The Bertz CT molecular complexity index is 425. The lowest BCUT2D eigenvalue weighted by atomic mass is 10.2. The molecule has 1 atom stereocenters. The molecule has 0 amide bonds. The Morgan fingerprint density at radius 1 is 1.50 bits per heavy atom. The van der Waals surface area contributed by atoms with Crippen molar-refractivity contribution in [1.29, 1.82) is 0 Å². The van der Waals surface area contributed by atoms with Gasteiger partial charge in [0, 0.05) is 19.3 Å². The van der Waals surface area contributed by atoms with Crippen LogP contribution < -0.4 is 15.4 Å². The van der Waals surface area contributed by atoms with Crippen molar-refractivity contribution in [1.82, 2.24) is 15.6 Å². The van der Waals surface area contributed by atoms with Gasteiger partial charge in [0.25, 0.3) is 0 Å². The van der Waals surface area contributed by atoms with Crippen molar-refractivity contribution < 1.29 is 9.47 Å². The van der Waals surface area contributed by atoms with E-state index in [0.717, 1.165) is 37.7 Å². The lowest BCUT2D eigenvalue weighted by Gasteiger charge is -2.13. The molecule has 0 aliphatic carbocycles. The molecule has 0 saturated carbocycles. The van der Waals surface area contributed by atoms with Gasteiger partial charge in [0.15, 0.2) is 5.96 Å². The quantitative estimate of drug-likeness (QED) is 0.305. The van der Waals surface area contributed by atoms with E-state index in [9.17, 15) is 0 Å². The first kappa shape index (κ1) is 19.0. The van der Waals surface area contributed by atoms with Crippen molar-refractivity contribution in [2.45, 2.75) is 25.9 Å². The third kappa shape index (κ3) is 7.26. The number of hydrogen-bond acceptors (Lipinski definition) is 4. The minimum Gasteiger partial charge on any atom is -0.490 e. The summed E-state index contributed by atoms with van der Waals surface area (Å²) >= 11 is 0. The summed E-state index contributed by atoms with van der Waals surface area (Å²) in [5.74, 6) is 1.59. The molecule has 2 heterocycles. The average molecular weight is 420 g/mol. The maximum atomic E-state index is 5.58. The van der Waals surface area contributed by atoms with Gasteiger partial charge in [-0.05, 0) is 31.9 Å². The number of nitrogens with zero attached hydrogens (tertiary/aromatic N) is 2. The smallest absolute Gasteiger partial charge is 0.191 e. The predicted molar refractivity (Wildman–Crippen MR) is 98.1 cm³/mol. The molecule has 1 saturated heterocycles. The van der Waals surface area contributed by atoms with Gasteiger partial charge < -0.3 is 20.1 Å². The SMILES string of the molecule is CCNC(=NCC1CCCO1)NCCOc1cccnc1.I. The van der Waals surface area contributed by atoms with Crippen LogP contribution in [0.4, 0.5) is 0 Å². The number of aromatic nitrogens is 1. The Hall–Kier alpha value is -1.09. The highest BCUT2D eigenvalue weighted by atomic mass is 127. The van der Waals surface area contributed by atoms with Gasteiger partial charge in [-0.3, -0.25) is 9.98 Å². The molecule has 1 aromatic heterocycles. The number of ether oxygens (including phenoxy) is 2. The second-order valence-corrected chi connectivity index (χ2v) is 4.82. The van der Waals surface area contributed by atoms with Crippen LogP contribution in [-0.2, 0) is 4.74 Å². The Morgan fingerprint density at radius 3 is 3.09 bits per heavy atom. The fourth-order valence-electron chi connectivity index (χ4n) is 2.09. The van der Waals surface area contributed by atoms with Gasteiger partial charge in [-0.1, -0.05) is 0 Å². The number of rotatable bonds is 7. The maximum Gasteiger partial charge on any atom is 0.191 e. The van der Waals surface area contributed by atoms with E-state index in [4.69, 9.17) is 9.47 Å². The number of nitrogens with one attached hydrogen (secondary N) is 2. The number of pyridine rings is 1. The summed E-state index contributed by atoms with van der Waals surface area (Å²) in [4.78, 5) is 8.55. The van der Waals surface area contributed by atoms with Crippen LogP contribution in [0.25, 0.3) is 0 Å². The second kappa shape index (κ2) is 11.5. The van der Waals surface area contributed by atoms with E-state index in [-0.39, 0.29) is 30.1 Å². The van der Waals surface area contributed by atoms with Crippen molar-refractivity contribution in [3.05, 3.63) is 24.5 Å². The Balaban J connectivity index is 0.00000242. The van der Waals surface area contributed by atoms with Crippen molar-refractivity contribution in [3.63, 3.8) is 0 Å². The second-order valence-electron chi connectivity index (χ2n) is 4.82. The first-order valence-electron chi connectivity index (χ1n) is 7.55. The number of hydrogen-bond donors (Lipinski definition) is 2. The lowest BCUT2D eigenvalue weighted by Crippen LogP contribution is -2.39. The first-order chi connectivity index (χ1) is 10.4. The summed E-state index contributed by atoms with van der Waals surface area (Å²) in [6, 6.07) is 3.75. The summed E-state index contributed by atoms with van der Waals surface area (Å²) in [7, 11) is 0.